The molecular weight excluding hydrogens is 291 g/mol. The van der Waals surface area contributed by atoms with Crippen molar-refractivity contribution in [1.82, 2.24) is 9.55 Å². The minimum Gasteiger partial charge on any atom is -0.376 e. The van der Waals surface area contributed by atoms with Gasteiger partial charge < -0.3 is 10.6 Å². The van der Waals surface area contributed by atoms with Crippen molar-refractivity contribution in [2.75, 3.05) is 24.7 Å². The first-order chi connectivity index (χ1) is 9.99. The third-order valence-corrected chi connectivity index (χ3v) is 3.62. The van der Waals surface area contributed by atoms with Gasteiger partial charge in [-0.15, -0.1) is 0 Å². The minimum atomic E-state index is -0.493. The summed E-state index contributed by atoms with van der Waals surface area (Å²) in [6, 6.07) is 10.6. The Balaban J connectivity index is 2.35. The standard InChI is InChI=1S/C15H14ClFN4/c1-20(2)12-5-3-4-6-13(12)21-14-8-10(17)9(16)7-11(14)19-15(21)18/h3-8H,1-2H3,(H2,18,19). The van der Waals surface area contributed by atoms with Crippen LogP contribution in [0.2, 0.25) is 5.02 Å². The Labute approximate surface area is 126 Å². The molecule has 0 unspecified atom stereocenters. The average Bonchev–Trinajstić information content (AvgIpc) is 2.74. The van der Waals surface area contributed by atoms with Crippen molar-refractivity contribution in [2.45, 2.75) is 0 Å². The summed E-state index contributed by atoms with van der Waals surface area (Å²) < 4.78 is 15.5. The maximum atomic E-state index is 13.8. The first kappa shape index (κ1) is 13.7. The van der Waals surface area contributed by atoms with Crippen LogP contribution in [0.15, 0.2) is 36.4 Å². The SMILES string of the molecule is CN(C)c1ccccc1-n1c(N)nc2cc(Cl)c(F)cc21. The quantitative estimate of drug-likeness (QED) is 0.788. The zero-order valence-corrected chi connectivity index (χ0v) is 12.4. The van der Waals surface area contributed by atoms with E-state index >= 15 is 0 Å². The molecule has 0 radical (unpaired) electrons. The van der Waals surface area contributed by atoms with E-state index in [1.54, 1.807) is 4.57 Å². The van der Waals surface area contributed by atoms with E-state index in [1.807, 2.05) is 43.3 Å². The molecule has 1 aromatic heterocycles. The lowest BCUT2D eigenvalue weighted by Gasteiger charge is -2.18. The number of aromatic nitrogens is 2. The number of nitrogens with zero attached hydrogens (tertiary/aromatic N) is 3. The molecule has 0 fully saturated rings. The molecule has 2 N–H and O–H groups in total. The average molecular weight is 305 g/mol. The minimum absolute atomic E-state index is 0.0352. The first-order valence-corrected chi connectivity index (χ1v) is 6.76. The molecular formula is C15H14ClFN4. The largest absolute Gasteiger partial charge is 0.376 e. The second kappa shape index (κ2) is 4.93. The van der Waals surface area contributed by atoms with E-state index in [0.29, 0.717) is 17.0 Å². The summed E-state index contributed by atoms with van der Waals surface area (Å²) in [5.74, 6) is -0.200. The lowest BCUT2D eigenvalue weighted by Crippen LogP contribution is -2.13. The van der Waals surface area contributed by atoms with Crippen molar-refractivity contribution in [3.8, 4) is 5.69 Å². The summed E-state index contributed by atoms with van der Waals surface area (Å²) in [7, 11) is 3.87. The van der Waals surface area contributed by atoms with Gasteiger partial charge >= 0.3 is 0 Å². The number of anilines is 2. The summed E-state index contributed by atoms with van der Waals surface area (Å²) in [6.45, 7) is 0. The molecule has 1 heterocycles. The predicted molar refractivity (Wildman–Crippen MR) is 84.8 cm³/mol. The van der Waals surface area contributed by atoms with Crippen molar-refractivity contribution < 1.29 is 4.39 Å². The number of hydrogen-bond donors (Lipinski definition) is 1. The number of benzene rings is 2. The Morgan fingerprint density at radius 3 is 2.67 bits per heavy atom. The Morgan fingerprint density at radius 1 is 1.24 bits per heavy atom. The molecule has 0 atom stereocenters. The van der Waals surface area contributed by atoms with Gasteiger partial charge in [-0.3, -0.25) is 4.57 Å². The number of rotatable bonds is 2. The number of imidazole rings is 1. The van der Waals surface area contributed by atoms with Gasteiger partial charge in [0, 0.05) is 20.2 Å². The van der Waals surface area contributed by atoms with E-state index in [2.05, 4.69) is 4.98 Å². The molecule has 0 aliphatic rings. The molecule has 3 rings (SSSR count). The number of nitrogen functional groups attached to an aromatic ring is 1. The molecule has 4 nitrogen and oxygen atoms in total. The molecule has 0 saturated heterocycles. The molecule has 0 amide bonds. The number of halogens is 2. The lowest BCUT2D eigenvalue weighted by molar-refractivity contribution is 0.629. The second-order valence-electron chi connectivity index (χ2n) is 4.94. The zero-order chi connectivity index (χ0) is 15.1. The highest BCUT2D eigenvalue weighted by atomic mass is 35.5. The van der Waals surface area contributed by atoms with Crippen molar-refractivity contribution >= 4 is 34.3 Å². The summed E-state index contributed by atoms with van der Waals surface area (Å²) >= 11 is 5.80. The molecule has 108 valence electrons. The van der Waals surface area contributed by atoms with Gasteiger partial charge in [0.15, 0.2) is 0 Å². The second-order valence-corrected chi connectivity index (χ2v) is 5.35. The normalized spacial score (nSPS) is 11.0. The molecule has 3 aromatic rings. The fraction of sp³-hybridized carbons (Fsp3) is 0.133. The van der Waals surface area contributed by atoms with E-state index in [-0.39, 0.29) is 5.02 Å². The van der Waals surface area contributed by atoms with Gasteiger partial charge in [0.1, 0.15) is 5.82 Å². The number of fused-ring (bicyclic) bond motifs is 1. The molecule has 0 aliphatic carbocycles. The third-order valence-electron chi connectivity index (χ3n) is 3.33. The van der Waals surface area contributed by atoms with Crippen LogP contribution in [0.25, 0.3) is 16.7 Å². The Bertz CT molecular complexity index is 826. The van der Waals surface area contributed by atoms with Crippen LogP contribution in [0.5, 0.6) is 0 Å². The van der Waals surface area contributed by atoms with Gasteiger partial charge in [-0.05, 0) is 18.2 Å². The smallest absolute Gasteiger partial charge is 0.206 e. The van der Waals surface area contributed by atoms with Gasteiger partial charge in [-0.1, -0.05) is 23.7 Å². The Hall–Kier alpha value is -2.27. The Kier molecular flexibility index (Phi) is 3.22. The predicted octanol–water partition coefficient (Wildman–Crippen LogP) is 3.47. The van der Waals surface area contributed by atoms with Crippen LogP contribution in [-0.4, -0.2) is 23.6 Å². The van der Waals surface area contributed by atoms with Gasteiger partial charge in [0.05, 0.1) is 27.4 Å². The highest BCUT2D eigenvalue weighted by molar-refractivity contribution is 6.31. The van der Waals surface area contributed by atoms with Crippen LogP contribution >= 0.6 is 11.6 Å². The number of nitrogens with two attached hydrogens (primary N) is 1. The molecule has 0 bridgehead atoms. The summed E-state index contributed by atoms with van der Waals surface area (Å²) in [5, 5.41) is 0.0352. The zero-order valence-electron chi connectivity index (χ0n) is 11.6. The van der Waals surface area contributed by atoms with Gasteiger partial charge in [0.2, 0.25) is 5.95 Å². The molecule has 0 saturated carbocycles. The van der Waals surface area contributed by atoms with Crippen LogP contribution in [0.1, 0.15) is 0 Å². The van der Waals surface area contributed by atoms with Crippen molar-refractivity contribution in [3.05, 3.63) is 47.2 Å². The molecule has 2 aromatic carbocycles. The van der Waals surface area contributed by atoms with E-state index in [1.165, 1.54) is 12.1 Å². The number of hydrogen-bond acceptors (Lipinski definition) is 3. The topological polar surface area (TPSA) is 47.1 Å². The monoisotopic (exact) mass is 304 g/mol. The van der Waals surface area contributed by atoms with E-state index in [0.717, 1.165) is 11.4 Å². The maximum Gasteiger partial charge on any atom is 0.206 e. The van der Waals surface area contributed by atoms with Crippen LogP contribution in [0, 0.1) is 5.82 Å². The van der Waals surface area contributed by atoms with Gasteiger partial charge in [-0.2, -0.15) is 0 Å². The summed E-state index contributed by atoms with van der Waals surface area (Å²) in [4.78, 5) is 6.23. The highest BCUT2D eigenvalue weighted by Gasteiger charge is 2.16. The first-order valence-electron chi connectivity index (χ1n) is 6.38. The van der Waals surface area contributed by atoms with Crippen molar-refractivity contribution in [1.29, 1.82) is 0 Å². The molecule has 21 heavy (non-hydrogen) atoms. The van der Waals surface area contributed by atoms with E-state index in [9.17, 15) is 4.39 Å². The molecule has 0 spiro atoms. The fourth-order valence-corrected chi connectivity index (χ4v) is 2.53. The molecule has 6 heteroatoms. The Morgan fingerprint density at radius 2 is 1.95 bits per heavy atom. The van der Waals surface area contributed by atoms with Crippen molar-refractivity contribution in [3.63, 3.8) is 0 Å². The van der Waals surface area contributed by atoms with E-state index < -0.39 is 5.82 Å². The molecule has 0 aliphatic heterocycles. The van der Waals surface area contributed by atoms with Crippen LogP contribution in [0.3, 0.4) is 0 Å². The van der Waals surface area contributed by atoms with Gasteiger partial charge in [0.25, 0.3) is 0 Å². The number of para-hydroxylation sites is 2. The van der Waals surface area contributed by atoms with Crippen LogP contribution in [-0.2, 0) is 0 Å². The van der Waals surface area contributed by atoms with E-state index in [4.69, 9.17) is 17.3 Å². The maximum absolute atomic E-state index is 13.8. The van der Waals surface area contributed by atoms with Crippen LogP contribution in [0.4, 0.5) is 16.0 Å². The van der Waals surface area contributed by atoms with Gasteiger partial charge in [-0.25, -0.2) is 9.37 Å². The third kappa shape index (κ3) is 2.19. The van der Waals surface area contributed by atoms with Crippen LogP contribution < -0.4 is 10.6 Å². The van der Waals surface area contributed by atoms with Crippen molar-refractivity contribution in [2.24, 2.45) is 0 Å². The summed E-state index contributed by atoms with van der Waals surface area (Å²) in [5.41, 5.74) is 8.97. The summed E-state index contributed by atoms with van der Waals surface area (Å²) in [6.07, 6.45) is 0. The fourth-order valence-electron chi connectivity index (χ4n) is 2.38. The lowest BCUT2D eigenvalue weighted by atomic mass is 10.2. The highest BCUT2D eigenvalue weighted by Crippen LogP contribution is 2.31.